The van der Waals surface area contributed by atoms with E-state index in [1.807, 2.05) is 47.4 Å². The lowest BCUT2D eigenvalue weighted by atomic mass is 10.1. The molecule has 2 aromatic carbocycles. The van der Waals surface area contributed by atoms with Crippen molar-refractivity contribution in [3.8, 4) is 5.75 Å². The van der Waals surface area contributed by atoms with Crippen LogP contribution in [0.2, 0.25) is 0 Å². The third kappa shape index (κ3) is 5.59. The van der Waals surface area contributed by atoms with Crippen LogP contribution >= 0.6 is 0 Å². The summed E-state index contributed by atoms with van der Waals surface area (Å²) in [4.78, 5) is 26.6. The highest BCUT2D eigenvalue weighted by atomic mass is 16.5. The number of nitrogens with one attached hydrogen (secondary N) is 1. The summed E-state index contributed by atoms with van der Waals surface area (Å²) >= 11 is 0. The molecule has 5 heteroatoms. The molecule has 1 fully saturated rings. The molecule has 0 aromatic heterocycles. The highest BCUT2D eigenvalue weighted by Gasteiger charge is 2.29. The molecular weight excluding hydrogens is 352 g/mol. The minimum atomic E-state index is -0.0503. The Balaban J connectivity index is 1.59. The Hall–Kier alpha value is -2.82. The van der Waals surface area contributed by atoms with Crippen LogP contribution in [0.25, 0.3) is 0 Å². The average molecular weight is 380 g/mol. The summed E-state index contributed by atoms with van der Waals surface area (Å²) in [5, 5.41) is 2.90. The standard InChI is InChI=1S/C23H28N2O3/c1-3-17(2)25(15-18-8-5-4-6-9-18)22(26)16-28-21-11-7-10-20(14-21)24-23(27)19-12-13-19/h4-11,14,17,19H,3,12-13,15-16H2,1-2H3,(H,24,27). The van der Waals surface area contributed by atoms with Gasteiger partial charge in [-0.2, -0.15) is 0 Å². The van der Waals surface area contributed by atoms with Gasteiger partial charge in [-0.05, 0) is 43.9 Å². The molecule has 5 nitrogen and oxygen atoms in total. The van der Waals surface area contributed by atoms with Crippen LogP contribution < -0.4 is 10.1 Å². The van der Waals surface area contributed by atoms with Gasteiger partial charge in [0.1, 0.15) is 5.75 Å². The molecule has 148 valence electrons. The molecular formula is C23H28N2O3. The fraction of sp³-hybridized carbons (Fsp3) is 0.391. The number of hydrogen-bond acceptors (Lipinski definition) is 3. The summed E-state index contributed by atoms with van der Waals surface area (Å²) in [5.41, 5.74) is 1.80. The lowest BCUT2D eigenvalue weighted by molar-refractivity contribution is -0.136. The van der Waals surface area contributed by atoms with E-state index in [0.717, 1.165) is 24.8 Å². The van der Waals surface area contributed by atoms with Crippen LogP contribution in [-0.2, 0) is 16.1 Å². The molecule has 1 N–H and O–H groups in total. The monoisotopic (exact) mass is 380 g/mol. The van der Waals surface area contributed by atoms with E-state index >= 15 is 0 Å². The van der Waals surface area contributed by atoms with E-state index < -0.39 is 0 Å². The maximum Gasteiger partial charge on any atom is 0.261 e. The highest BCUT2D eigenvalue weighted by Crippen LogP contribution is 2.30. The Morgan fingerprint density at radius 3 is 2.57 bits per heavy atom. The van der Waals surface area contributed by atoms with Gasteiger partial charge in [0.25, 0.3) is 5.91 Å². The molecule has 1 saturated carbocycles. The van der Waals surface area contributed by atoms with Crippen molar-refractivity contribution >= 4 is 17.5 Å². The number of hydrogen-bond donors (Lipinski definition) is 1. The van der Waals surface area contributed by atoms with Crippen LogP contribution in [0.4, 0.5) is 5.69 Å². The Bertz CT molecular complexity index is 803. The van der Waals surface area contributed by atoms with E-state index in [1.165, 1.54) is 0 Å². The second kappa shape index (κ2) is 9.40. The van der Waals surface area contributed by atoms with Gasteiger partial charge >= 0.3 is 0 Å². The van der Waals surface area contributed by atoms with Gasteiger partial charge in [-0.15, -0.1) is 0 Å². The van der Waals surface area contributed by atoms with Crippen molar-refractivity contribution in [1.82, 2.24) is 4.90 Å². The van der Waals surface area contributed by atoms with Gasteiger partial charge < -0.3 is 15.0 Å². The third-order valence-electron chi connectivity index (χ3n) is 5.05. The van der Waals surface area contributed by atoms with Gasteiger partial charge in [-0.25, -0.2) is 0 Å². The van der Waals surface area contributed by atoms with Gasteiger partial charge in [-0.3, -0.25) is 9.59 Å². The molecule has 1 unspecified atom stereocenters. The number of benzene rings is 2. The first-order valence-electron chi connectivity index (χ1n) is 9.94. The molecule has 1 aliphatic rings. The normalized spacial score (nSPS) is 14.2. The maximum atomic E-state index is 12.8. The lowest BCUT2D eigenvalue weighted by Gasteiger charge is -2.28. The Morgan fingerprint density at radius 1 is 1.14 bits per heavy atom. The van der Waals surface area contributed by atoms with Crippen LogP contribution in [-0.4, -0.2) is 29.4 Å². The summed E-state index contributed by atoms with van der Waals surface area (Å²) in [6.07, 6.45) is 2.80. The highest BCUT2D eigenvalue weighted by molar-refractivity contribution is 5.94. The number of nitrogens with zero attached hydrogens (tertiary/aromatic N) is 1. The number of carbonyl (C=O) groups excluding carboxylic acids is 2. The molecule has 2 amide bonds. The predicted molar refractivity (Wildman–Crippen MR) is 110 cm³/mol. The summed E-state index contributed by atoms with van der Waals surface area (Å²) in [7, 11) is 0. The lowest BCUT2D eigenvalue weighted by Crippen LogP contribution is -2.40. The summed E-state index contributed by atoms with van der Waals surface area (Å²) in [6, 6.07) is 17.3. The molecule has 0 spiro atoms. The third-order valence-corrected chi connectivity index (χ3v) is 5.05. The average Bonchev–Trinajstić information content (AvgIpc) is 3.56. The number of ether oxygens (including phenoxy) is 1. The fourth-order valence-corrected chi connectivity index (χ4v) is 2.97. The van der Waals surface area contributed by atoms with E-state index in [2.05, 4.69) is 19.2 Å². The van der Waals surface area contributed by atoms with Crippen molar-refractivity contribution in [3.05, 3.63) is 60.2 Å². The summed E-state index contributed by atoms with van der Waals surface area (Å²) in [6.45, 7) is 4.66. The first-order chi connectivity index (χ1) is 13.6. The first-order valence-corrected chi connectivity index (χ1v) is 9.94. The van der Waals surface area contributed by atoms with Crippen molar-refractivity contribution < 1.29 is 14.3 Å². The van der Waals surface area contributed by atoms with Crippen LogP contribution in [0.15, 0.2) is 54.6 Å². The van der Waals surface area contributed by atoms with Crippen LogP contribution in [0.3, 0.4) is 0 Å². The van der Waals surface area contributed by atoms with Gasteiger partial charge in [0.15, 0.2) is 6.61 Å². The molecule has 0 bridgehead atoms. The molecule has 0 radical (unpaired) electrons. The quantitative estimate of drug-likeness (QED) is 0.708. The number of anilines is 1. The van der Waals surface area contributed by atoms with Crippen LogP contribution in [0.5, 0.6) is 5.75 Å². The smallest absolute Gasteiger partial charge is 0.261 e. The fourth-order valence-electron chi connectivity index (χ4n) is 2.97. The largest absolute Gasteiger partial charge is 0.484 e. The molecule has 28 heavy (non-hydrogen) atoms. The minimum Gasteiger partial charge on any atom is -0.484 e. The molecule has 3 rings (SSSR count). The Labute approximate surface area is 166 Å². The van der Waals surface area contributed by atoms with E-state index in [-0.39, 0.29) is 30.4 Å². The SMILES string of the molecule is CCC(C)N(Cc1ccccc1)C(=O)COc1cccc(NC(=O)C2CC2)c1. The van der Waals surface area contributed by atoms with Gasteiger partial charge in [0.05, 0.1) is 0 Å². The maximum absolute atomic E-state index is 12.8. The molecule has 0 aliphatic heterocycles. The molecule has 2 aromatic rings. The van der Waals surface area contributed by atoms with Crippen molar-refractivity contribution in [1.29, 1.82) is 0 Å². The van der Waals surface area contributed by atoms with Gasteiger partial charge in [-0.1, -0.05) is 43.3 Å². The van der Waals surface area contributed by atoms with E-state index in [0.29, 0.717) is 18.0 Å². The molecule has 0 heterocycles. The predicted octanol–water partition coefficient (Wildman–Crippen LogP) is 4.24. The zero-order valence-corrected chi connectivity index (χ0v) is 16.6. The molecule has 1 aliphatic carbocycles. The van der Waals surface area contributed by atoms with Gasteiger partial charge in [0.2, 0.25) is 5.91 Å². The Morgan fingerprint density at radius 2 is 1.89 bits per heavy atom. The van der Waals surface area contributed by atoms with E-state index in [9.17, 15) is 9.59 Å². The molecule has 1 atom stereocenters. The van der Waals surface area contributed by atoms with Crippen LogP contribution in [0.1, 0.15) is 38.7 Å². The zero-order valence-electron chi connectivity index (χ0n) is 16.6. The van der Waals surface area contributed by atoms with E-state index in [1.54, 1.807) is 12.1 Å². The van der Waals surface area contributed by atoms with Crippen molar-refractivity contribution in [2.75, 3.05) is 11.9 Å². The van der Waals surface area contributed by atoms with Gasteiger partial charge in [0, 0.05) is 30.3 Å². The topological polar surface area (TPSA) is 58.6 Å². The van der Waals surface area contributed by atoms with Crippen molar-refractivity contribution in [2.45, 2.75) is 45.7 Å². The second-order valence-corrected chi connectivity index (χ2v) is 7.34. The van der Waals surface area contributed by atoms with Crippen molar-refractivity contribution in [2.24, 2.45) is 5.92 Å². The second-order valence-electron chi connectivity index (χ2n) is 7.34. The number of rotatable bonds is 9. The summed E-state index contributed by atoms with van der Waals surface area (Å²) < 4.78 is 5.74. The zero-order chi connectivity index (χ0) is 19.9. The first kappa shape index (κ1) is 19.9. The molecule has 0 saturated heterocycles. The van der Waals surface area contributed by atoms with Crippen LogP contribution in [0, 0.1) is 5.92 Å². The van der Waals surface area contributed by atoms with Crippen molar-refractivity contribution in [3.63, 3.8) is 0 Å². The van der Waals surface area contributed by atoms with E-state index in [4.69, 9.17) is 4.74 Å². The number of carbonyl (C=O) groups is 2. The Kier molecular flexibility index (Phi) is 6.69. The minimum absolute atomic E-state index is 0.0306. The summed E-state index contributed by atoms with van der Waals surface area (Å²) in [5.74, 6) is 0.726. The number of amides is 2.